The van der Waals surface area contributed by atoms with Gasteiger partial charge in [-0.3, -0.25) is 0 Å². The van der Waals surface area contributed by atoms with Gasteiger partial charge in [0.05, 0.1) is 13.3 Å². The van der Waals surface area contributed by atoms with Crippen molar-refractivity contribution in [2.75, 3.05) is 18.4 Å². The van der Waals surface area contributed by atoms with Crippen molar-refractivity contribution >= 4 is 23.9 Å². The minimum atomic E-state index is -0.262. The van der Waals surface area contributed by atoms with E-state index in [1.165, 1.54) is 28.6 Å². The molecule has 134 valence electrons. The molecule has 0 bridgehead atoms. The summed E-state index contributed by atoms with van der Waals surface area (Å²) in [4.78, 5) is 0. The molecule has 0 aliphatic rings. The van der Waals surface area contributed by atoms with E-state index < -0.39 is 0 Å². The molecule has 3 aromatic rings. The average Bonchev–Trinajstić information content (AvgIpc) is 3.02. The van der Waals surface area contributed by atoms with Crippen molar-refractivity contribution < 1.29 is 9.13 Å². The lowest BCUT2D eigenvalue weighted by Crippen LogP contribution is -2.13. The van der Waals surface area contributed by atoms with E-state index >= 15 is 0 Å². The van der Waals surface area contributed by atoms with E-state index in [9.17, 15) is 4.39 Å². The number of nitrogens with two attached hydrogens (primary N) is 1. The Morgan fingerprint density at radius 2 is 1.92 bits per heavy atom. The van der Waals surface area contributed by atoms with Gasteiger partial charge >= 0.3 is 0 Å². The third-order valence-corrected chi connectivity index (χ3v) is 4.45. The molecule has 0 aliphatic carbocycles. The second-order valence-electron chi connectivity index (χ2n) is 5.23. The second-order valence-corrected chi connectivity index (χ2v) is 6.18. The molecule has 0 radical (unpaired) electrons. The maximum absolute atomic E-state index is 12.9. The third kappa shape index (κ3) is 4.51. The molecule has 0 amide bonds. The van der Waals surface area contributed by atoms with E-state index in [0.29, 0.717) is 16.9 Å². The van der Waals surface area contributed by atoms with Crippen LogP contribution in [0.25, 0.3) is 0 Å². The molecular weight excluding hydrogens is 355 g/mol. The number of benzene rings is 2. The van der Waals surface area contributed by atoms with E-state index in [2.05, 4.69) is 20.7 Å². The van der Waals surface area contributed by atoms with Gasteiger partial charge in [-0.25, -0.2) is 14.5 Å². The normalized spacial score (nSPS) is 11.0. The Kier molecular flexibility index (Phi) is 5.69. The molecule has 7 nitrogen and oxygen atoms in total. The van der Waals surface area contributed by atoms with Gasteiger partial charge in [0, 0.05) is 5.75 Å². The van der Waals surface area contributed by atoms with E-state index in [-0.39, 0.29) is 5.82 Å². The van der Waals surface area contributed by atoms with Crippen LogP contribution in [0.4, 0.5) is 10.3 Å². The lowest BCUT2D eigenvalue weighted by atomic mass is 10.2. The number of hydrogen-bond acceptors (Lipinski definition) is 7. The molecule has 2 aromatic carbocycles. The maximum atomic E-state index is 12.9. The van der Waals surface area contributed by atoms with E-state index in [0.717, 1.165) is 16.9 Å². The Balaban J connectivity index is 1.57. The summed E-state index contributed by atoms with van der Waals surface area (Å²) < 4.78 is 19.3. The number of halogens is 1. The van der Waals surface area contributed by atoms with Gasteiger partial charge in [0.1, 0.15) is 11.6 Å². The predicted molar refractivity (Wildman–Crippen MR) is 100 cm³/mol. The largest absolute Gasteiger partial charge is 0.497 e. The fourth-order valence-electron chi connectivity index (χ4n) is 2.03. The highest BCUT2D eigenvalue weighted by Crippen LogP contribution is 2.21. The number of hydrogen-bond donors (Lipinski definition) is 2. The van der Waals surface area contributed by atoms with Crippen LogP contribution in [0, 0.1) is 5.82 Å². The fourth-order valence-corrected chi connectivity index (χ4v) is 2.85. The number of anilines is 1. The fraction of sp³-hybridized carbons (Fsp3) is 0.118. The van der Waals surface area contributed by atoms with Crippen molar-refractivity contribution in [2.45, 2.75) is 10.9 Å². The van der Waals surface area contributed by atoms with Crippen molar-refractivity contribution in [1.82, 2.24) is 14.9 Å². The Morgan fingerprint density at radius 1 is 1.19 bits per heavy atom. The van der Waals surface area contributed by atoms with Crippen LogP contribution in [0.2, 0.25) is 0 Å². The molecule has 0 unspecified atom stereocenters. The Bertz CT molecular complexity index is 879. The van der Waals surface area contributed by atoms with Crippen LogP contribution < -0.4 is 16.0 Å². The van der Waals surface area contributed by atoms with E-state index in [1.54, 1.807) is 25.5 Å². The zero-order chi connectivity index (χ0) is 18.4. The molecule has 3 rings (SSSR count). The summed E-state index contributed by atoms with van der Waals surface area (Å²) in [5, 5.41) is 12.6. The van der Waals surface area contributed by atoms with Crippen LogP contribution in [-0.4, -0.2) is 28.2 Å². The van der Waals surface area contributed by atoms with E-state index in [4.69, 9.17) is 10.6 Å². The van der Waals surface area contributed by atoms with Gasteiger partial charge in [-0.15, -0.1) is 10.2 Å². The van der Waals surface area contributed by atoms with Gasteiger partial charge in [-0.2, -0.15) is 5.10 Å². The average molecular weight is 372 g/mol. The highest BCUT2D eigenvalue weighted by molar-refractivity contribution is 7.98. The van der Waals surface area contributed by atoms with Crippen molar-refractivity contribution in [3.8, 4) is 5.75 Å². The van der Waals surface area contributed by atoms with Crippen molar-refractivity contribution in [1.29, 1.82) is 0 Å². The molecule has 9 heteroatoms. The number of methoxy groups -OCH3 is 1. The molecule has 26 heavy (non-hydrogen) atoms. The molecule has 0 aliphatic heterocycles. The number of rotatable bonds is 7. The minimum absolute atomic E-state index is 0.262. The summed E-state index contributed by atoms with van der Waals surface area (Å²) in [7, 11) is 1.62. The van der Waals surface area contributed by atoms with Gasteiger partial charge in [0.2, 0.25) is 5.16 Å². The number of nitrogens with one attached hydrogen (secondary N) is 1. The molecule has 1 heterocycles. The first-order valence-electron chi connectivity index (χ1n) is 7.66. The van der Waals surface area contributed by atoms with Gasteiger partial charge < -0.3 is 10.6 Å². The molecule has 0 saturated carbocycles. The van der Waals surface area contributed by atoms with Crippen LogP contribution in [-0.2, 0) is 5.75 Å². The van der Waals surface area contributed by atoms with Gasteiger partial charge in [-0.1, -0.05) is 23.9 Å². The zero-order valence-electron chi connectivity index (χ0n) is 14.0. The van der Waals surface area contributed by atoms with Crippen molar-refractivity contribution in [3.63, 3.8) is 0 Å². The van der Waals surface area contributed by atoms with Crippen LogP contribution in [0.3, 0.4) is 0 Å². The van der Waals surface area contributed by atoms with Gasteiger partial charge in [-0.05, 0) is 47.5 Å². The summed E-state index contributed by atoms with van der Waals surface area (Å²) in [6, 6.07) is 13.7. The molecule has 0 atom stereocenters. The maximum Gasteiger partial charge on any atom is 0.264 e. The molecule has 0 fully saturated rings. The standard InChI is InChI=1S/C17H17FN6OS/c1-25-15-8-4-12(5-9-15)10-20-21-16-22-23-17(24(16)19)26-11-13-2-6-14(18)7-3-13/h2-10H,11,19H2,1H3,(H,21,22)/b20-10+. The number of nitrogens with zero attached hydrogens (tertiary/aromatic N) is 4. The quantitative estimate of drug-likeness (QED) is 0.287. The van der Waals surface area contributed by atoms with E-state index in [1.807, 2.05) is 24.3 Å². The highest BCUT2D eigenvalue weighted by Gasteiger charge is 2.09. The minimum Gasteiger partial charge on any atom is -0.497 e. The van der Waals surface area contributed by atoms with Gasteiger partial charge in [0.25, 0.3) is 5.95 Å². The molecule has 1 aromatic heterocycles. The SMILES string of the molecule is COc1ccc(/C=N/Nc2nnc(SCc3ccc(F)cc3)n2N)cc1. The van der Waals surface area contributed by atoms with Crippen molar-refractivity contribution in [2.24, 2.45) is 5.10 Å². The summed E-state index contributed by atoms with van der Waals surface area (Å²) in [6.45, 7) is 0. The number of ether oxygens (including phenoxy) is 1. The summed E-state index contributed by atoms with van der Waals surface area (Å²) in [5.41, 5.74) is 4.62. The predicted octanol–water partition coefficient (Wildman–Crippen LogP) is 2.88. The van der Waals surface area contributed by atoms with Crippen LogP contribution >= 0.6 is 11.8 Å². The van der Waals surface area contributed by atoms with Crippen LogP contribution in [0.1, 0.15) is 11.1 Å². The summed E-state index contributed by atoms with van der Waals surface area (Å²) in [6.07, 6.45) is 1.64. The first-order valence-corrected chi connectivity index (χ1v) is 8.65. The monoisotopic (exact) mass is 372 g/mol. The Hall–Kier alpha value is -3.07. The molecular formula is C17H17FN6OS. The van der Waals surface area contributed by atoms with Crippen molar-refractivity contribution in [3.05, 3.63) is 65.5 Å². The summed E-state index contributed by atoms with van der Waals surface area (Å²) >= 11 is 1.40. The number of nitrogen functional groups attached to an aromatic ring is 1. The first-order chi connectivity index (χ1) is 12.7. The lowest BCUT2D eigenvalue weighted by Gasteiger charge is -2.03. The zero-order valence-corrected chi connectivity index (χ0v) is 14.8. The van der Waals surface area contributed by atoms with Crippen LogP contribution in [0.5, 0.6) is 5.75 Å². The van der Waals surface area contributed by atoms with Gasteiger partial charge in [0.15, 0.2) is 0 Å². The number of aromatic nitrogens is 3. The first kappa shape index (κ1) is 17.7. The Labute approximate surface area is 154 Å². The summed E-state index contributed by atoms with van der Waals surface area (Å²) in [5.74, 6) is 7.40. The number of thioether (sulfide) groups is 1. The molecule has 3 N–H and O–H groups in total. The third-order valence-electron chi connectivity index (χ3n) is 3.44. The second kappa shape index (κ2) is 8.34. The smallest absolute Gasteiger partial charge is 0.264 e. The molecule has 0 spiro atoms. The highest BCUT2D eigenvalue weighted by atomic mass is 32.2. The topological polar surface area (TPSA) is 90.3 Å². The Morgan fingerprint density at radius 3 is 2.62 bits per heavy atom. The molecule has 0 saturated heterocycles. The number of hydrazone groups is 1. The lowest BCUT2D eigenvalue weighted by molar-refractivity contribution is 0.415. The van der Waals surface area contributed by atoms with Crippen LogP contribution in [0.15, 0.2) is 58.8 Å².